The lowest BCUT2D eigenvalue weighted by atomic mass is 10.2. The molecule has 7 nitrogen and oxygen atoms in total. The van der Waals surface area contributed by atoms with Crippen molar-refractivity contribution in [3.8, 4) is 11.5 Å². The lowest BCUT2D eigenvalue weighted by Crippen LogP contribution is -2.26. The highest BCUT2D eigenvalue weighted by Crippen LogP contribution is 2.32. The smallest absolute Gasteiger partial charge is 0.328 e. The van der Waals surface area contributed by atoms with Crippen molar-refractivity contribution < 1.29 is 23.8 Å². The second-order valence-corrected chi connectivity index (χ2v) is 3.58. The zero-order chi connectivity index (χ0) is 12.8. The Bertz CT molecular complexity index is 424. The van der Waals surface area contributed by atoms with Crippen LogP contribution in [0.3, 0.4) is 0 Å². The lowest BCUT2D eigenvalue weighted by Gasteiger charge is -2.05. The van der Waals surface area contributed by atoms with Crippen molar-refractivity contribution in [1.29, 1.82) is 0 Å². The molecule has 0 fully saturated rings. The van der Waals surface area contributed by atoms with Crippen LogP contribution in [0.4, 0.5) is 0 Å². The summed E-state index contributed by atoms with van der Waals surface area (Å²) in [7, 11) is 0. The fourth-order valence-corrected chi connectivity index (χ4v) is 1.49. The fourth-order valence-electron chi connectivity index (χ4n) is 1.49. The van der Waals surface area contributed by atoms with Gasteiger partial charge in [-0.05, 0) is 17.7 Å². The van der Waals surface area contributed by atoms with E-state index < -0.39 is 5.97 Å². The first-order valence-electron chi connectivity index (χ1n) is 5.41. The van der Waals surface area contributed by atoms with Crippen LogP contribution in [-0.2, 0) is 21.0 Å². The quantitative estimate of drug-likeness (QED) is 0.427. The Kier molecular flexibility index (Phi) is 4.35. The van der Waals surface area contributed by atoms with Crippen molar-refractivity contribution in [2.45, 2.75) is 13.0 Å². The average Bonchev–Trinajstić information content (AvgIpc) is 2.82. The van der Waals surface area contributed by atoms with Crippen LogP contribution in [-0.4, -0.2) is 19.4 Å². The Morgan fingerprint density at radius 2 is 2.22 bits per heavy atom. The van der Waals surface area contributed by atoms with Crippen LogP contribution in [0.1, 0.15) is 12.0 Å². The molecular weight excluding hydrogens is 240 g/mol. The highest BCUT2D eigenvalue weighted by Gasteiger charge is 2.13. The molecule has 0 amide bonds. The number of ether oxygens (including phenoxy) is 3. The van der Waals surface area contributed by atoms with Crippen LogP contribution < -0.4 is 20.9 Å². The maximum atomic E-state index is 10.9. The molecule has 2 rings (SSSR count). The summed E-state index contributed by atoms with van der Waals surface area (Å²) in [5.41, 5.74) is 2.77. The Labute approximate surface area is 104 Å². The SMILES string of the molecule is NNOC(=O)CCOCc1ccc2c(c1)OCO2. The van der Waals surface area contributed by atoms with E-state index in [-0.39, 0.29) is 19.8 Å². The molecule has 0 spiro atoms. The van der Waals surface area contributed by atoms with Gasteiger partial charge in [-0.3, -0.25) is 4.79 Å². The molecule has 0 radical (unpaired) electrons. The minimum atomic E-state index is -0.469. The standard InChI is InChI=1S/C11H14N2O5/c12-13-18-11(14)3-4-15-6-8-1-2-9-10(5-8)17-7-16-9/h1-2,5,13H,3-4,6-7,12H2. The molecule has 1 aliphatic heterocycles. The second-order valence-electron chi connectivity index (χ2n) is 3.58. The van der Waals surface area contributed by atoms with E-state index in [1.165, 1.54) is 0 Å². The molecule has 0 aliphatic carbocycles. The van der Waals surface area contributed by atoms with Crippen LogP contribution in [0.5, 0.6) is 11.5 Å². The highest BCUT2D eigenvalue weighted by atomic mass is 16.7. The summed E-state index contributed by atoms with van der Waals surface area (Å²) in [5.74, 6) is 5.79. The number of nitrogens with one attached hydrogen (secondary N) is 1. The molecule has 7 heteroatoms. The first-order chi connectivity index (χ1) is 8.79. The average molecular weight is 254 g/mol. The maximum Gasteiger partial charge on any atom is 0.328 e. The Morgan fingerprint density at radius 3 is 3.06 bits per heavy atom. The number of hydrogen-bond acceptors (Lipinski definition) is 7. The van der Waals surface area contributed by atoms with Crippen molar-refractivity contribution in [1.82, 2.24) is 5.59 Å². The highest BCUT2D eigenvalue weighted by molar-refractivity contribution is 5.69. The maximum absolute atomic E-state index is 10.9. The summed E-state index contributed by atoms with van der Waals surface area (Å²) in [6.45, 7) is 0.895. The molecule has 0 saturated heterocycles. The largest absolute Gasteiger partial charge is 0.454 e. The molecule has 0 saturated carbocycles. The first-order valence-corrected chi connectivity index (χ1v) is 5.41. The van der Waals surface area contributed by atoms with Gasteiger partial charge in [-0.2, -0.15) is 0 Å². The molecule has 1 aliphatic rings. The third kappa shape index (κ3) is 3.33. The van der Waals surface area contributed by atoms with Crippen molar-refractivity contribution in [3.63, 3.8) is 0 Å². The number of carbonyl (C=O) groups excluding carboxylic acids is 1. The fraction of sp³-hybridized carbons (Fsp3) is 0.364. The monoisotopic (exact) mass is 254 g/mol. The molecule has 3 N–H and O–H groups in total. The van der Waals surface area contributed by atoms with Gasteiger partial charge in [-0.1, -0.05) is 11.7 Å². The van der Waals surface area contributed by atoms with E-state index in [0.29, 0.717) is 12.4 Å². The number of benzene rings is 1. The zero-order valence-electron chi connectivity index (χ0n) is 9.68. The van der Waals surface area contributed by atoms with Gasteiger partial charge in [-0.15, -0.1) is 0 Å². The van der Waals surface area contributed by atoms with Gasteiger partial charge in [0.25, 0.3) is 0 Å². The van der Waals surface area contributed by atoms with Crippen LogP contribution in [0.15, 0.2) is 18.2 Å². The van der Waals surface area contributed by atoms with Crippen molar-refractivity contribution >= 4 is 5.97 Å². The number of rotatable bonds is 6. The van der Waals surface area contributed by atoms with E-state index >= 15 is 0 Å². The van der Waals surface area contributed by atoms with Gasteiger partial charge in [0.15, 0.2) is 11.5 Å². The summed E-state index contributed by atoms with van der Waals surface area (Å²) < 4.78 is 15.8. The predicted molar refractivity (Wildman–Crippen MR) is 60.3 cm³/mol. The van der Waals surface area contributed by atoms with Gasteiger partial charge < -0.3 is 19.0 Å². The van der Waals surface area contributed by atoms with Gasteiger partial charge in [0.2, 0.25) is 6.79 Å². The van der Waals surface area contributed by atoms with E-state index in [1.807, 2.05) is 23.8 Å². The van der Waals surface area contributed by atoms with Crippen molar-refractivity contribution in [3.05, 3.63) is 23.8 Å². The van der Waals surface area contributed by atoms with E-state index in [2.05, 4.69) is 4.84 Å². The molecule has 1 heterocycles. The molecule has 1 aromatic rings. The number of hydrogen-bond donors (Lipinski definition) is 2. The lowest BCUT2D eigenvalue weighted by molar-refractivity contribution is -0.152. The molecule has 98 valence electrons. The first kappa shape index (κ1) is 12.6. The Hall–Kier alpha value is -1.83. The second kappa shape index (κ2) is 6.20. The number of nitrogens with two attached hydrogens (primary N) is 1. The van der Waals surface area contributed by atoms with Crippen molar-refractivity contribution in [2.24, 2.45) is 5.84 Å². The van der Waals surface area contributed by atoms with E-state index in [0.717, 1.165) is 11.3 Å². The van der Waals surface area contributed by atoms with Crippen LogP contribution >= 0.6 is 0 Å². The summed E-state index contributed by atoms with van der Waals surface area (Å²) in [4.78, 5) is 15.3. The predicted octanol–water partition coefficient (Wildman–Crippen LogP) is 0.243. The van der Waals surface area contributed by atoms with E-state index in [1.54, 1.807) is 0 Å². The number of fused-ring (bicyclic) bond motifs is 1. The topological polar surface area (TPSA) is 92.0 Å². The van der Waals surface area contributed by atoms with Crippen molar-refractivity contribution in [2.75, 3.05) is 13.4 Å². The zero-order valence-corrected chi connectivity index (χ0v) is 9.68. The van der Waals surface area contributed by atoms with Gasteiger partial charge in [0.1, 0.15) is 0 Å². The van der Waals surface area contributed by atoms with Crippen LogP contribution in [0.25, 0.3) is 0 Å². The Balaban J connectivity index is 1.72. The third-order valence-corrected chi connectivity index (χ3v) is 2.33. The molecule has 18 heavy (non-hydrogen) atoms. The molecule has 0 bridgehead atoms. The van der Waals surface area contributed by atoms with Gasteiger partial charge >= 0.3 is 5.97 Å². The van der Waals surface area contributed by atoms with E-state index in [4.69, 9.17) is 20.1 Å². The Morgan fingerprint density at radius 1 is 1.39 bits per heavy atom. The van der Waals surface area contributed by atoms with Gasteiger partial charge in [0.05, 0.1) is 19.6 Å². The molecular formula is C11H14N2O5. The summed E-state index contributed by atoms with van der Waals surface area (Å²) >= 11 is 0. The van der Waals surface area contributed by atoms with Gasteiger partial charge in [0, 0.05) is 0 Å². The van der Waals surface area contributed by atoms with Crippen LogP contribution in [0.2, 0.25) is 0 Å². The molecule has 1 aromatic carbocycles. The minimum absolute atomic E-state index is 0.134. The van der Waals surface area contributed by atoms with Gasteiger partial charge in [-0.25, -0.2) is 5.84 Å². The number of hydrazine groups is 1. The van der Waals surface area contributed by atoms with Crippen LogP contribution in [0, 0.1) is 0 Å². The summed E-state index contributed by atoms with van der Waals surface area (Å²) in [6, 6.07) is 5.56. The molecule has 0 atom stereocenters. The third-order valence-electron chi connectivity index (χ3n) is 2.33. The number of carbonyl (C=O) groups is 1. The minimum Gasteiger partial charge on any atom is -0.454 e. The molecule has 0 unspecified atom stereocenters. The summed E-state index contributed by atoms with van der Waals surface area (Å²) in [5, 5.41) is 0. The normalized spacial score (nSPS) is 12.5. The summed E-state index contributed by atoms with van der Waals surface area (Å²) in [6.07, 6.45) is 0.134. The van der Waals surface area contributed by atoms with E-state index in [9.17, 15) is 4.79 Å². The molecule has 0 aromatic heterocycles.